The molecule has 0 aliphatic heterocycles. The fraction of sp³-hybridized carbons (Fsp3) is 0.222. The third-order valence-corrected chi connectivity index (χ3v) is 2.83. The van der Waals surface area contributed by atoms with E-state index < -0.39 is 0 Å². The highest BCUT2D eigenvalue weighted by molar-refractivity contribution is 9.09. The molecule has 5 heteroatoms. The minimum Gasteiger partial charge on any atom is -0.398 e. The van der Waals surface area contributed by atoms with E-state index in [0.29, 0.717) is 33.0 Å². The van der Waals surface area contributed by atoms with E-state index in [-0.39, 0.29) is 5.78 Å². The first kappa shape index (κ1) is 11.8. The zero-order valence-electron chi connectivity index (χ0n) is 7.19. The van der Waals surface area contributed by atoms with E-state index in [0.717, 1.165) is 0 Å². The van der Waals surface area contributed by atoms with Gasteiger partial charge in [-0.2, -0.15) is 0 Å². The van der Waals surface area contributed by atoms with Crippen LogP contribution in [0.25, 0.3) is 0 Å². The minimum absolute atomic E-state index is 0.0436. The van der Waals surface area contributed by atoms with Crippen LogP contribution in [-0.4, -0.2) is 11.1 Å². The average molecular weight is 297 g/mol. The Morgan fingerprint density at radius 3 is 2.50 bits per heavy atom. The molecule has 2 N–H and O–H groups in total. The predicted octanol–water partition coefficient (Wildman–Crippen LogP) is 3.54. The molecule has 0 heterocycles. The van der Waals surface area contributed by atoms with Crippen LogP contribution in [-0.2, 0) is 0 Å². The molecule has 0 fully saturated rings. The molecule has 0 radical (unpaired) electrons. The second kappa shape index (κ2) is 5.01. The number of carbonyl (C=O) groups is 1. The van der Waals surface area contributed by atoms with Crippen molar-refractivity contribution < 1.29 is 4.79 Å². The van der Waals surface area contributed by atoms with E-state index in [4.69, 9.17) is 28.9 Å². The number of Topliss-reactive ketones (excluding diaryl/α,β-unsaturated/α-hetero) is 1. The van der Waals surface area contributed by atoms with E-state index in [9.17, 15) is 4.79 Å². The standard InChI is InChI=1S/C9H8BrCl2NO/c10-2-1-9(14)5-3-6(11)7(12)4-8(5)13/h3-4H,1-2,13H2. The van der Waals surface area contributed by atoms with Gasteiger partial charge in [0.2, 0.25) is 0 Å². The molecule has 0 bridgehead atoms. The molecule has 0 unspecified atom stereocenters. The summed E-state index contributed by atoms with van der Waals surface area (Å²) in [7, 11) is 0. The van der Waals surface area contributed by atoms with Crippen molar-refractivity contribution in [3.05, 3.63) is 27.7 Å². The van der Waals surface area contributed by atoms with Crippen LogP contribution >= 0.6 is 39.1 Å². The summed E-state index contributed by atoms with van der Waals surface area (Å²) in [6.07, 6.45) is 0.391. The minimum atomic E-state index is -0.0436. The maximum absolute atomic E-state index is 11.5. The molecule has 0 aliphatic rings. The molecule has 0 saturated heterocycles. The third-order valence-electron chi connectivity index (χ3n) is 1.71. The first-order valence-electron chi connectivity index (χ1n) is 3.90. The zero-order valence-corrected chi connectivity index (χ0v) is 10.3. The zero-order chi connectivity index (χ0) is 10.7. The van der Waals surface area contributed by atoms with Gasteiger partial charge in [-0.3, -0.25) is 4.79 Å². The highest BCUT2D eigenvalue weighted by atomic mass is 79.9. The molecule has 0 amide bonds. The summed E-state index contributed by atoms with van der Waals surface area (Å²) in [5, 5.41) is 1.31. The monoisotopic (exact) mass is 295 g/mol. The Morgan fingerprint density at radius 2 is 1.93 bits per heavy atom. The number of nitrogens with two attached hydrogens (primary N) is 1. The van der Waals surface area contributed by atoms with Crippen LogP contribution < -0.4 is 5.73 Å². The summed E-state index contributed by atoms with van der Waals surface area (Å²) in [5.74, 6) is -0.0436. The fourth-order valence-corrected chi connectivity index (χ4v) is 1.72. The Balaban J connectivity index is 3.09. The van der Waals surface area contributed by atoms with Gasteiger partial charge in [-0.15, -0.1) is 0 Å². The predicted molar refractivity (Wildman–Crippen MR) is 63.6 cm³/mol. The molecular formula is C9H8BrCl2NO. The molecule has 1 aromatic rings. The number of alkyl halides is 1. The summed E-state index contributed by atoms with van der Waals surface area (Å²) in [6, 6.07) is 3.00. The smallest absolute Gasteiger partial charge is 0.165 e. The topological polar surface area (TPSA) is 43.1 Å². The number of rotatable bonds is 3. The van der Waals surface area contributed by atoms with Gasteiger partial charge in [-0.25, -0.2) is 0 Å². The van der Waals surface area contributed by atoms with Crippen molar-refractivity contribution in [2.75, 3.05) is 11.1 Å². The molecule has 0 aromatic heterocycles. The Morgan fingerprint density at radius 1 is 1.36 bits per heavy atom. The Hall–Kier alpha value is -0.250. The van der Waals surface area contributed by atoms with Crippen LogP contribution in [0.2, 0.25) is 10.0 Å². The van der Waals surface area contributed by atoms with Crippen molar-refractivity contribution in [3.63, 3.8) is 0 Å². The van der Waals surface area contributed by atoms with Crippen LogP contribution in [0.4, 0.5) is 5.69 Å². The number of hydrogen-bond donors (Lipinski definition) is 1. The van der Waals surface area contributed by atoms with Gasteiger partial charge in [0.05, 0.1) is 10.0 Å². The lowest BCUT2D eigenvalue weighted by molar-refractivity contribution is 0.0990. The molecule has 0 atom stereocenters. The lowest BCUT2D eigenvalue weighted by Gasteiger charge is -2.05. The van der Waals surface area contributed by atoms with E-state index in [2.05, 4.69) is 15.9 Å². The highest BCUT2D eigenvalue weighted by Gasteiger charge is 2.11. The van der Waals surface area contributed by atoms with Crippen LogP contribution in [0.1, 0.15) is 16.8 Å². The van der Waals surface area contributed by atoms with Crippen molar-refractivity contribution >= 4 is 50.6 Å². The second-order valence-corrected chi connectivity index (χ2v) is 4.32. The summed E-state index contributed by atoms with van der Waals surface area (Å²) < 4.78 is 0. The van der Waals surface area contributed by atoms with Crippen molar-refractivity contribution in [3.8, 4) is 0 Å². The van der Waals surface area contributed by atoms with Gasteiger partial charge in [-0.1, -0.05) is 39.1 Å². The van der Waals surface area contributed by atoms with Gasteiger partial charge in [0, 0.05) is 23.0 Å². The van der Waals surface area contributed by atoms with Crippen molar-refractivity contribution in [1.29, 1.82) is 0 Å². The fourth-order valence-electron chi connectivity index (χ4n) is 1.02. The largest absolute Gasteiger partial charge is 0.398 e. The van der Waals surface area contributed by atoms with Crippen molar-refractivity contribution in [2.45, 2.75) is 6.42 Å². The summed E-state index contributed by atoms with van der Waals surface area (Å²) in [6.45, 7) is 0. The van der Waals surface area contributed by atoms with Crippen LogP contribution in [0, 0.1) is 0 Å². The lowest BCUT2D eigenvalue weighted by atomic mass is 10.1. The molecule has 14 heavy (non-hydrogen) atoms. The van der Waals surface area contributed by atoms with Gasteiger partial charge in [0.15, 0.2) is 5.78 Å². The molecule has 0 spiro atoms. The Kier molecular flexibility index (Phi) is 4.23. The number of carbonyl (C=O) groups excluding carboxylic acids is 1. The van der Waals surface area contributed by atoms with Gasteiger partial charge in [0.1, 0.15) is 0 Å². The SMILES string of the molecule is Nc1cc(Cl)c(Cl)cc1C(=O)CCBr. The van der Waals surface area contributed by atoms with E-state index >= 15 is 0 Å². The average Bonchev–Trinajstić information content (AvgIpc) is 2.11. The first-order valence-corrected chi connectivity index (χ1v) is 5.77. The molecule has 76 valence electrons. The van der Waals surface area contributed by atoms with Gasteiger partial charge >= 0.3 is 0 Å². The number of anilines is 1. The Bertz CT molecular complexity index is 368. The number of hydrogen-bond acceptors (Lipinski definition) is 2. The second-order valence-electron chi connectivity index (χ2n) is 2.72. The van der Waals surface area contributed by atoms with Crippen LogP contribution in [0.15, 0.2) is 12.1 Å². The van der Waals surface area contributed by atoms with E-state index in [1.807, 2.05) is 0 Å². The molecule has 2 nitrogen and oxygen atoms in total. The van der Waals surface area contributed by atoms with Gasteiger partial charge < -0.3 is 5.73 Å². The van der Waals surface area contributed by atoms with Crippen molar-refractivity contribution in [2.24, 2.45) is 0 Å². The number of halogens is 3. The molecule has 1 rings (SSSR count). The molecule has 0 aliphatic carbocycles. The lowest BCUT2D eigenvalue weighted by Crippen LogP contribution is -2.04. The third kappa shape index (κ3) is 2.62. The highest BCUT2D eigenvalue weighted by Crippen LogP contribution is 2.28. The normalized spacial score (nSPS) is 10.2. The molecule has 1 aromatic carbocycles. The first-order chi connectivity index (χ1) is 6.56. The maximum Gasteiger partial charge on any atom is 0.165 e. The van der Waals surface area contributed by atoms with E-state index in [1.165, 1.54) is 12.1 Å². The number of nitrogen functional groups attached to an aromatic ring is 1. The maximum atomic E-state index is 11.5. The van der Waals surface area contributed by atoms with Crippen LogP contribution in [0.3, 0.4) is 0 Å². The van der Waals surface area contributed by atoms with E-state index in [1.54, 1.807) is 0 Å². The summed E-state index contributed by atoms with van der Waals surface area (Å²) >= 11 is 14.7. The van der Waals surface area contributed by atoms with Gasteiger partial charge in [-0.05, 0) is 12.1 Å². The molecule has 0 saturated carbocycles. The van der Waals surface area contributed by atoms with Crippen molar-refractivity contribution in [1.82, 2.24) is 0 Å². The summed E-state index contributed by atoms with van der Waals surface area (Å²) in [4.78, 5) is 11.5. The number of ketones is 1. The quantitative estimate of drug-likeness (QED) is 0.527. The van der Waals surface area contributed by atoms with Crippen LogP contribution in [0.5, 0.6) is 0 Å². The van der Waals surface area contributed by atoms with Gasteiger partial charge in [0.25, 0.3) is 0 Å². The summed E-state index contributed by atoms with van der Waals surface area (Å²) in [5.41, 5.74) is 6.44. The Labute approximate surface area is 101 Å². The number of benzene rings is 1. The molecular weight excluding hydrogens is 289 g/mol.